The molecule has 0 radical (unpaired) electrons. The third-order valence-electron chi connectivity index (χ3n) is 7.69. The van der Waals surface area contributed by atoms with Gasteiger partial charge in [-0.15, -0.1) is 45.3 Å². The molecule has 4 heterocycles. The minimum atomic E-state index is -1.48. The number of carbonyl (C=O) groups is 4. The maximum atomic E-state index is 12.5. The van der Waals surface area contributed by atoms with Gasteiger partial charge in [0.1, 0.15) is 0 Å². The first-order valence-electron chi connectivity index (χ1n) is 14.8. The number of hydrogen-bond donors (Lipinski definition) is 0. The van der Waals surface area contributed by atoms with Crippen molar-refractivity contribution in [2.45, 2.75) is 78.6 Å². The van der Waals surface area contributed by atoms with Crippen molar-refractivity contribution in [1.82, 2.24) is 0 Å². The lowest BCUT2D eigenvalue weighted by atomic mass is 9.96. The van der Waals surface area contributed by atoms with E-state index >= 15 is 0 Å². The quantitative estimate of drug-likeness (QED) is 0.158. The number of fused-ring (bicyclic) bond motifs is 6. The molecule has 4 nitrogen and oxygen atoms in total. The molecule has 0 fully saturated rings. The van der Waals surface area contributed by atoms with Gasteiger partial charge >= 0.3 is 0 Å². The topological polar surface area (TPSA) is 68.3 Å². The molecule has 44 heavy (non-hydrogen) atoms. The molecule has 0 unspecified atom stereocenters. The summed E-state index contributed by atoms with van der Waals surface area (Å²) in [6.07, 6.45) is 0. The first-order valence-corrected chi connectivity index (χ1v) is 32.0. The Labute approximate surface area is 280 Å². The summed E-state index contributed by atoms with van der Waals surface area (Å²) < 4.78 is 5.20. The van der Waals surface area contributed by atoms with Crippen molar-refractivity contribution in [3.63, 3.8) is 0 Å². The Kier molecular flexibility index (Phi) is 8.40. The van der Waals surface area contributed by atoms with Crippen molar-refractivity contribution in [2.24, 2.45) is 0 Å². The fourth-order valence-electron chi connectivity index (χ4n) is 4.88. The average molecular weight is 729 g/mol. The van der Waals surface area contributed by atoms with E-state index in [4.69, 9.17) is 0 Å². The SMILES string of the molecule is C[Si](C)(C)c1cc2c(s1)-c1sc([Si](C)(C)C)cc1C(=O)C2=O.C[Si](C)(C)c1cc2c(s1)-c1sc([Si](C)(C)C)cc1C(=O)C2=O. The minimum absolute atomic E-state index is 0.317. The zero-order chi connectivity index (χ0) is 32.9. The van der Waals surface area contributed by atoms with Crippen LogP contribution < -0.4 is 18.0 Å². The van der Waals surface area contributed by atoms with Gasteiger partial charge in [0.25, 0.3) is 0 Å². The van der Waals surface area contributed by atoms with Gasteiger partial charge in [0.05, 0.1) is 51.8 Å². The van der Waals surface area contributed by atoms with Gasteiger partial charge < -0.3 is 0 Å². The molecule has 4 aromatic heterocycles. The van der Waals surface area contributed by atoms with Gasteiger partial charge in [-0.05, 0) is 42.3 Å². The molecule has 0 atom stereocenters. The van der Waals surface area contributed by atoms with Crippen LogP contribution in [0, 0.1) is 0 Å². The summed E-state index contributed by atoms with van der Waals surface area (Å²) >= 11 is 6.92. The summed E-state index contributed by atoms with van der Waals surface area (Å²) in [5.74, 6) is -1.27. The first-order chi connectivity index (χ1) is 20.0. The molecule has 232 valence electrons. The standard InChI is InChI=1S/2C16H20O2S2Si2/c2*1-21(2,3)11-7-9-13(17)14(18)10-8-12(22(4,5)6)20-16(10)15(9)19-11/h2*7-8H,1-6H3. The Morgan fingerprint density at radius 2 is 0.500 bits per heavy atom. The molecule has 0 saturated heterocycles. The number of rotatable bonds is 4. The first kappa shape index (κ1) is 33.7. The zero-order valence-corrected chi connectivity index (χ0v) is 34.8. The number of ketones is 4. The minimum Gasteiger partial charge on any atom is -0.285 e. The van der Waals surface area contributed by atoms with Crippen molar-refractivity contribution in [3.8, 4) is 19.5 Å². The molecule has 0 N–H and O–H groups in total. The van der Waals surface area contributed by atoms with Crippen LogP contribution in [-0.4, -0.2) is 55.4 Å². The van der Waals surface area contributed by atoms with Crippen LogP contribution >= 0.6 is 45.3 Å². The Balaban J connectivity index is 0.000000175. The Morgan fingerprint density at radius 3 is 0.636 bits per heavy atom. The second-order valence-corrected chi connectivity index (χ2v) is 41.5. The van der Waals surface area contributed by atoms with Gasteiger partial charge in [0, 0.05) is 22.3 Å². The van der Waals surface area contributed by atoms with Gasteiger partial charge in [-0.3, -0.25) is 19.2 Å². The van der Waals surface area contributed by atoms with Crippen molar-refractivity contribution in [1.29, 1.82) is 0 Å². The highest BCUT2D eigenvalue weighted by Gasteiger charge is 2.39. The molecule has 4 aromatic rings. The van der Waals surface area contributed by atoms with Crippen molar-refractivity contribution in [2.75, 3.05) is 0 Å². The molecule has 0 aliphatic heterocycles. The summed E-state index contributed by atoms with van der Waals surface area (Å²) in [6.45, 7) is 27.3. The van der Waals surface area contributed by atoms with Crippen LogP contribution in [0.4, 0.5) is 0 Å². The van der Waals surface area contributed by atoms with Gasteiger partial charge in [-0.25, -0.2) is 0 Å². The maximum Gasteiger partial charge on any atom is 0.235 e. The Bertz CT molecular complexity index is 1600. The number of Topliss-reactive ketones (excluding diaryl/α,β-unsaturated/α-hetero) is 4. The lowest BCUT2D eigenvalue weighted by Crippen LogP contribution is -2.35. The fraction of sp³-hybridized carbons (Fsp3) is 0.375. The van der Waals surface area contributed by atoms with E-state index in [0.29, 0.717) is 22.3 Å². The highest BCUT2D eigenvalue weighted by atomic mass is 32.1. The molecule has 2 aliphatic rings. The van der Waals surface area contributed by atoms with Crippen molar-refractivity contribution >= 4 is 119 Å². The van der Waals surface area contributed by atoms with Gasteiger partial charge in [-0.1, -0.05) is 78.6 Å². The molecule has 0 spiro atoms. The predicted octanol–water partition coefficient (Wildman–Crippen LogP) is 7.89. The van der Waals surface area contributed by atoms with E-state index in [-0.39, 0.29) is 23.1 Å². The smallest absolute Gasteiger partial charge is 0.235 e. The summed E-state index contributed by atoms with van der Waals surface area (Å²) in [5.41, 5.74) is 2.57. The largest absolute Gasteiger partial charge is 0.285 e. The Hall–Kier alpha value is -1.65. The van der Waals surface area contributed by atoms with Gasteiger partial charge in [0.2, 0.25) is 23.1 Å². The van der Waals surface area contributed by atoms with Gasteiger partial charge in [0.15, 0.2) is 0 Å². The second-order valence-electron chi connectivity index (χ2n) is 15.7. The van der Waals surface area contributed by atoms with Crippen LogP contribution in [0.25, 0.3) is 19.5 Å². The molecule has 0 aromatic carbocycles. The van der Waals surface area contributed by atoms with E-state index in [1.54, 1.807) is 45.3 Å². The fourth-order valence-corrected chi connectivity index (χ4v) is 17.3. The van der Waals surface area contributed by atoms with E-state index in [9.17, 15) is 19.2 Å². The third kappa shape index (κ3) is 5.96. The Morgan fingerprint density at radius 1 is 0.341 bits per heavy atom. The molecule has 6 rings (SSSR count). The molecule has 2 aliphatic carbocycles. The lowest BCUT2D eigenvalue weighted by Gasteiger charge is -2.12. The molecular weight excluding hydrogens is 689 g/mol. The molecule has 12 heteroatoms. The van der Waals surface area contributed by atoms with Gasteiger partial charge in [-0.2, -0.15) is 0 Å². The van der Waals surface area contributed by atoms with E-state index in [2.05, 4.69) is 78.6 Å². The number of thiophene rings is 4. The van der Waals surface area contributed by atoms with Crippen LogP contribution in [-0.2, 0) is 0 Å². The summed E-state index contributed by atoms with van der Waals surface area (Å²) in [6, 6.07) is 7.96. The number of carbonyl (C=O) groups excluding carboxylic acids is 4. The van der Waals surface area contributed by atoms with Crippen LogP contribution in [0.1, 0.15) is 41.4 Å². The number of hydrogen-bond acceptors (Lipinski definition) is 8. The third-order valence-corrected chi connectivity index (χ3v) is 26.9. The maximum absolute atomic E-state index is 12.5. The monoisotopic (exact) mass is 728 g/mol. The predicted molar refractivity (Wildman–Crippen MR) is 205 cm³/mol. The van der Waals surface area contributed by atoms with E-state index in [1.807, 2.05) is 24.3 Å². The van der Waals surface area contributed by atoms with Crippen LogP contribution in [0.15, 0.2) is 24.3 Å². The van der Waals surface area contributed by atoms with E-state index < -0.39 is 32.3 Å². The van der Waals surface area contributed by atoms with Crippen LogP contribution in [0.2, 0.25) is 78.6 Å². The van der Waals surface area contributed by atoms with E-state index in [0.717, 1.165) is 19.5 Å². The zero-order valence-electron chi connectivity index (χ0n) is 27.6. The highest BCUT2D eigenvalue weighted by molar-refractivity contribution is 7.35. The summed E-state index contributed by atoms with van der Waals surface area (Å²) in [5, 5.41) is 0. The molecular formula is C32H40O4S4Si4. The summed E-state index contributed by atoms with van der Waals surface area (Å²) in [7, 11) is -5.93. The highest BCUT2D eigenvalue weighted by Crippen LogP contribution is 2.42. The van der Waals surface area contributed by atoms with Crippen LogP contribution in [0.3, 0.4) is 0 Å². The van der Waals surface area contributed by atoms with E-state index in [1.165, 1.54) is 18.0 Å². The van der Waals surface area contributed by atoms with Crippen molar-refractivity contribution < 1.29 is 19.2 Å². The van der Waals surface area contributed by atoms with Crippen LogP contribution in [0.5, 0.6) is 0 Å². The molecule has 0 bridgehead atoms. The summed E-state index contributed by atoms with van der Waals surface area (Å²) in [4.78, 5) is 54.0. The molecule has 0 saturated carbocycles. The second kappa shape index (κ2) is 11.0. The van der Waals surface area contributed by atoms with Crippen molar-refractivity contribution in [3.05, 3.63) is 46.5 Å². The normalized spacial score (nSPS) is 15.0. The average Bonchev–Trinajstić information content (AvgIpc) is 3.66. The molecule has 0 amide bonds. The lowest BCUT2D eigenvalue weighted by molar-refractivity contribution is 0.0816.